The first-order valence-corrected chi connectivity index (χ1v) is 10.9. The highest BCUT2D eigenvalue weighted by molar-refractivity contribution is 7.92. The molecule has 0 fully saturated rings. The summed E-state index contributed by atoms with van der Waals surface area (Å²) < 4.78 is 25.2. The molecule has 10 heteroatoms. The molecular weight excluding hydrogens is 440 g/mol. The number of aryl methyl sites for hydroxylation is 1. The van der Waals surface area contributed by atoms with Crippen molar-refractivity contribution in [2.24, 2.45) is 0 Å². The number of nitrogens with one attached hydrogen (secondary N) is 2. The number of halogens is 1. The molecule has 0 saturated carbocycles. The van der Waals surface area contributed by atoms with Crippen molar-refractivity contribution < 1.29 is 13.3 Å². The number of anilines is 3. The maximum atomic E-state index is 11.4. The van der Waals surface area contributed by atoms with Crippen LogP contribution < -0.4 is 10.0 Å². The monoisotopic (exact) mass is 458 g/mol. The number of aromatic nitrogens is 1. The molecule has 1 heterocycles. The van der Waals surface area contributed by atoms with Crippen molar-refractivity contribution in [3.63, 3.8) is 0 Å². The summed E-state index contributed by atoms with van der Waals surface area (Å²) >= 11 is 0. The molecule has 0 saturated heterocycles. The van der Waals surface area contributed by atoms with Crippen LogP contribution in [0.4, 0.5) is 22.7 Å². The van der Waals surface area contributed by atoms with Crippen LogP contribution in [0.5, 0.6) is 0 Å². The smallest absolute Gasteiger partial charge is 0.271 e. The van der Waals surface area contributed by atoms with Crippen molar-refractivity contribution in [1.82, 2.24) is 4.98 Å². The van der Waals surface area contributed by atoms with E-state index in [0.29, 0.717) is 11.2 Å². The molecule has 2 N–H and O–H groups in total. The number of benzene rings is 3. The maximum Gasteiger partial charge on any atom is 0.271 e. The Hall–Kier alpha value is -3.43. The molecule has 8 nitrogen and oxygen atoms in total. The normalized spacial score (nSPS) is 11.2. The number of rotatable bonds is 5. The minimum absolute atomic E-state index is 0. The summed E-state index contributed by atoms with van der Waals surface area (Å²) in [6.07, 6.45) is 1.09. The number of fused-ring (bicyclic) bond motifs is 2. The van der Waals surface area contributed by atoms with E-state index in [2.05, 4.69) is 15.0 Å². The molecule has 0 aliphatic heterocycles. The lowest BCUT2D eigenvalue weighted by atomic mass is 10.0. The highest BCUT2D eigenvalue weighted by Crippen LogP contribution is 2.35. The number of nitro groups is 1. The van der Waals surface area contributed by atoms with E-state index in [1.165, 1.54) is 12.1 Å². The molecule has 3 aromatic carbocycles. The second-order valence-corrected chi connectivity index (χ2v) is 8.74. The molecule has 0 atom stereocenters. The van der Waals surface area contributed by atoms with Gasteiger partial charge in [0, 0.05) is 34.3 Å². The van der Waals surface area contributed by atoms with E-state index in [1.807, 2.05) is 25.1 Å². The molecule has 0 amide bonds. The molecule has 0 aliphatic rings. The molecule has 0 radical (unpaired) electrons. The van der Waals surface area contributed by atoms with Crippen molar-refractivity contribution in [3.05, 3.63) is 76.3 Å². The molecule has 160 valence electrons. The zero-order chi connectivity index (χ0) is 21.5. The second-order valence-electron chi connectivity index (χ2n) is 6.99. The second kappa shape index (κ2) is 8.37. The number of non-ortho nitro benzene ring substituents is 1. The van der Waals surface area contributed by atoms with E-state index in [1.54, 1.807) is 30.3 Å². The lowest BCUT2D eigenvalue weighted by Crippen LogP contribution is -2.09. The number of nitro benzene ring substituents is 1. The third kappa shape index (κ3) is 4.68. The van der Waals surface area contributed by atoms with Gasteiger partial charge in [-0.25, -0.2) is 13.4 Å². The van der Waals surface area contributed by atoms with Gasteiger partial charge >= 0.3 is 0 Å². The summed E-state index contributed by atoms with van der Waals surface area (Å²) in [5.74, 6) is 0. The lowest BCUT2D eigenvalue weighted by molar-refractivity contribution is -0.384. The number of pyridine rings is 1. The third-order valence-electron chi connectivity index (χ3n) is 4.66. The Labute approximate surface area is 184 Å². The van der Waals surface area contributed by atoms with Gasteiger partial charge < -0.3 is 5.32 Å². The van der Waals surface area contributed by atoms with Crippen LogP contribution in [0.15, 0.2) is 60.7 Å². The van der Waals surface area contributed by atoms with Crippen molar-refractivity contribution in [2.45, 2.75) is 6.92 Å². The number of hydrogen-bond acceptors (Lipinski definition) is 6. The van der Waals surface area contributed by atoms with Crippen LogP contribution in [-0.4, -0.2) is 24.6 Å². The van der Waals surface area contributed by atoms with Gasteiger partial charge in [0.2, 0.25) is 10.0 Å². The largest absolute Gasteiger partial charge is 0.354 e. The third-order valence-corrected chi connectivity index (χ3v) is 5.26. The fourth-order valence-electron chi connectivity index (χ4n) is 3.33. The number of para-hydroxylation sites is 1. The Morgan fingerprint density at radius 1 is 0.968 bits per heavy atom. The predicted molar refractivity (Wildman–Crippen MR) is 126 cm³/mol. The van der Waals surface area contributed by atoms with Crippen LogP contribution >= 0.6 is 12.4 Å². The minimum atomic E-state index is -3.36. The number of sulfonamides is 1. The first-order chi connectivity index (χ1) is 14.2. The average molecular weight is 459 g/mol. The molecule has 0 unspecified atom stereocenters. The topological polar surface area (TPSA) is 114 Å². The fourth-order valence-corrected chi connectivity index (χ4v) is 3.89. The van der Waals surface area contributed by atoms with Crippen LogP contribution in [0.1, 0.15) is 5.56 Å². The van der Waals surface area contributed by atoms with E-state index in [9.17, 15) is 18.5 Å². The van der Waals surface area contributed by atoms with Gasteiger partial charge in [-0.1, -0.05) is 18.2 Å². The van der Waals surface area contributed by atoms with Gasteiger partial charge in [-0.3, -0.25) is 14.8 Å². The van der Waals surface area contributed by atoms with Crippen LogP contribution in [-0.2, 0) is 10.0 Å². The maximum absolute atomic E-state index is 11.4. The Kier molecular flexibility index (Phi) is 6.01. The molecule has 31 heavy (non-hydrogen) atoms. The Morgan fingerprint density at radius 2 is 1.65 bits per heavy atom. The van der Waals surface area contributed by atoms with E-state index < -0.39 is 14.9 Å². The van der Waals surface area contributed by atoms with Gasteiger partial charge in [0.15, 0.2) is 0 Å². The van der Waals surface area contributed by atoms with E-state index >= 15 is 0 Å². The first kappa shape index (κ1) is 22.3. The van der Waals surface area contributed by atoms with Crippen LogP contribution in [0.25, 0.3) is 21.8 Å². The number of nitrogens with zero attached hydrogens (tertiary/aromatic N) is 2. The minimum Gasteiger partial charge on any atom is -0.354 e. The molecular formula is C21H19ClN4O4S. The standard InChI is InChI=1S/C21H18N4O4S.ClH/c1-13-4-3-5-18-20(13)23-19-12-16(25(26)27)10-11-17(19)21(18)22-14-6-8-15(9-7-14)24-30(2,28)29;/h3-12,24H,1-2H3,(H,22,23);1H. The van der Waals surface area contributed by atoms with E-state index in [-0.39, 0.29) is 18.1 Å². The Morgan fingerprint density at radius 3 is 2.29 bits per heavy atom. The van der Waals surface area contributed by atoms with Gasteiger partial charge in [0.1, 0.15) is 0 Å². The molecule has 0 aliphatic carbocycles. The molecule has 4 rings (SSSR count). The summed E-state index contributed by atoms with van der Waals surface area (Å²) in [6.45, 7) is 1.94. The van der Waals surface area contributed by atoms with Gasteiger partial charge in [-0.15, -0.1) is 12.4 Å². The molecule has 4 aromatic rings. The van der Waals surface area contributed by atoms with Crippen molar-refractivity contribution in [3.8, 4) is 0 Å². The Bertz CT molecular complexity index is 1410. The zero-order valence-corrected chi connectivity index (χ0v) is 18.3. The van der Waals surface area contributed by atoms with Crippen LogP contribution in [0.2, 0.25) is 0 Å². The predicted octanol–water partition coefficient (Wildman–Crippen LogP) is 5.14. The van der Waals surface area contributed by atoms with E-state index in [4.69, 9.17) is 0 Å². The van der Waals surface area contributed by atoms with E-state index in [0.717, 1.165) is 39.5 Å². The summed E-state index contributed by atoms with van der Waals surface area (Å²) in [4.78, 5) is 15.4. The SMILES string of the molecule is Cc1cccc2c(Nc3ccc(NS(C)(=O)=O)cc3)c3ccc([N+](=O)[O-])cc3nc12.Cl. The lowest BCUT2D eigenvalue weighted by Gasteiger charge is -2.15. The van der Waals surface area contributed by atoms with Crippen molar-refractivity contribution in [2.75, 3.05) is 16.3 Å². The first-order valence-electron chi connectivity index (χ1n) is 9.04. The van der Waals surface area contributed by atoms with Crippen LogP contribution in [0.3, 0.4) is 0 Å². The highest BCUT2D eigenvalue weighted by Gasteiger charge is 2.14. The highest BCUT2D eigenvalue weighted by atomic mass is 35.5. The fraction of sp³-hybridized carbons (Fsp3) is 0.0952. The summed E-state index contributed by atoms with van der Waals surface area (Å²) in [6, 6.07) is 17.2. The van der Waals surface area contributed by atoms with Crippen LogP contribution in [0, 0.1) is 17.0 Å². The zero-order valence-electron chi connectivity index (χ0n) is 16.6. The van der Waals surface area contributed by atoms with Gasteiger partial charge in [-0.05, 0) is 42.8 Å². The van der Waals surface area contributed by atoms with Crippen molar-refractivity contribution >= 4 is 67.0 Å². The van der Waals surface area contributed by atoms with Gasteiger partial charge in [-0.2, -0.15) is 0 Å². The van der Waals surface area contributed by atoms with Crippen molar-refractivity contribution in [1.29, 1.82) is 0 Å². The summed E-state index contributed by atoms with van der Waals surface area (Å²) in [5, 5.41) is 16.2. The number of hydrogen-bond donors (Lipinski definition) is 2. The molecule has 1 aromatic heterocycles. The summed E-state index contributed by atoms with van der Waals surface area (Å²) in [7, 11) is -3.36. The summed E-state index contributed by atoms with van der Waals surface area (Å²) in [5.41, 5.74) is 4.17. The molecule has 0 bridgehead atoms. The average Bonchev–Trinajstić information content (AvgIpc) is 2.68. The Balaban J connectivity index is 0.00000272. The molecule has 0 spiro atoms. The van der Waals surface area contributed by atoms with Gasteiger partial charge in [0.25, 0.3) is 5.69 Å². The van der Waals surface area contributed by atoms with Gasteiger partial charge in [0.05, 0.1) is 27.9 Å². The quantitative estimate of drug-likeness (QED) is 0.243.